The molecule has 6 nitrogen and oxygen atoms in total. The van der Waals surface area contributed by atoms with Gasteiger partial charge in [0, 0.05) is 24.4 Å². The lowest BCUT2D eigenvalue weighted by Crippen LogP contribution is -2.20. The van der Waals surface area contributed by atoms with Gasteiger partial charge in [0.1, 0.15) is 15.4 Å². The van der Waals surface area contributed by atoms with Crippen LogP contribution in [0.3, 0.4) is 0 Å². The summed E-state index contributed by atoms with van der Waals surface area (Å²) in [5.41, 5.74) is -0.410. The highest BCUT2D eigenvalue weighted by atomic mass is 32.2. The van der Waals surface area contributed by atoms with Gasteiger partial charge in [-0.25, -0.2) is 13.2 Å². The van der Waals surface area contributed by atoms with E-state index in [2.05, 4.69) is 0 Å². The molecule has 1 aromatic carbocycles. The third kappa shape index (κ3) is 2.88. The molecule has 1 N–H and O–H groups in total. The molecule has 0 bridgehead atoms. The second-order valence-corrected chi connectivity index (χ2v) is 6.78. The summed E-state index contributed by atoms with van der Waals surface area (Å²) in [5.74, 6) is -1.45. The van der Waals surface area contributed by atoms with E-state index in [-0.39, 0.29) is 23.2 Å². The van der Waals surface area contributed by atoms with Crippen LogP contribution in [0.15, 0.2) is 35.3 Å². The van der Waals surface area contributed by atoms with E-state index < -0.39 is 21.2 Å². The number of aromatic nitrogens is 1. The van der Waals surface area contributed by atoms with Crippen molar-refractivity contribution >= 4 is 26.7 Å². The Labute approximate surface area is 115 Å². The second kappa shape index (κ2) is 5.09. The summed E-state index contributed by atoms with van der Waals surface area (Å²) in [7, 11) is -3.18. The summed E-state index contributed by atoms with van der Waals surface area (Å²) >= 11 is 0. The standard InChI is InChI=1S/C13H13NO5S/c1-20(18,19)7-6-14-8-10(13(16)17)12(15)9-4-2-3-5-11(9)14/h2-5,8H,6-7H2,1H3,(H,16,17). The van der Waals surface area contributed by atoms with Crippen LogP contribution in [0.1, 0.15) is 10.4 Å². The Balaban J connectivity index is 2.67. The molecule has 0 spiro atoms. The number of aromatic carboxylic acids is 1. The minimum atomic E-state index is -3.18. The first kappa shape index (κ1) is 14.3. The van der Waals surface area contributed by atoms with Gasteiger partial charge in [-0.2, -0.15) is 0 Å². The predicted octanol–water partition coefficient (Wildman–Crippen LogP) is 0.744. The number of fused-ring (bicyclic) bond motifs is 1. The number of sulfone groups is 1. The van der Waals surface area contributed by atoms with E-state index in [0.29, 0.717) is 5.52 Å². The largest absolute Gasteiger partial charge is 0.477 e. The first-order valence-corrected chi connectivity index (χ1v) is 7.89. The van der Waals surface area contributed by atoms with Gasteiger partial charge in [0.05, 0.1) is 11.3 Å². The van der Waals surface area contributed by atoms with E-state index in [0.717, 1.165) is 6.26 Å². The first-order chi connectivity index (χ1) is 9.29. The Morgan fingerprint density at radius 1 is 1.30 bits per heavy atom. The molecule has 0 atom stereocenters. The normalized spacial score (nSPS) is 11.7. The summed E-state index contributed by atoms with van der Waals surface area (Å²) in [4.78, 5) is 23.1. The highest BCUT2D eigenvalue weighted by Crippen LogP contribution is 2.12. The Hall–Kier alpha value is -2.15. The molecule has 106 valence electrons. The number of hydrogen-bond acceptors (Lipinski definition) is 4. The molecule has 20 heavy (non-hydrogen) atoms. The molecule has 0 fully saturated rings. The minimum absolute atomic E-state index is 0.0971. The third-order valence-electron chi connectivity index (χ3n) is 2.92. The van der Waals surface area contributed by atoms with Crippen molar-refractivity contribution in [2.24, 2.45) is 0 Å². The van der Waals surface area contributed by atoms with Gasteiger partial charge >= 0.3 is 5.97 Å². The quantitative estimate of drug-likeness (QED) is 0.898. The number of nitrogens with zero attached hydrogens (tertiary/aromatic N) is 1. The van der Waals surface area contributed by atoms with Crippen molar-refractivity contribution in [1.29, 1.82) is 0 Å². The number of hydrogen-bond donors (Lipinski definition) is 1. The summed E-state index contributed by atoms with van der Waals surface area (Å²) in [6, 6.07) is 6.53. The molecule has 2 rings (SSSR count). The van der Waals surface area contributed by atoms with Crippen LogP contribution in [-0.4, -0.2) is 36.1 Å². The van der Waals surface area contributed by atoms with Gasteiger partial charge < -0.3 is 9.67 Å². The third-order valence-corrected chi connectivity index (χ3v) is 3.85. The Kier molecular flexibility index (Phi) is 3.63. The molecule has 0 radical (unpaired) electrons. The highest BCUT2D eigenvalue weighted by Gasteiger charge is 2.14. The van der Waals surface area contributed by atoms with Crippen LogP contribution in [0.2, 0.25) is 0 Å². The zero-order chi connectivity index (χ0) is 14.9. The van der Waals surface area contributed by atoms with E-state index in [9.17, 15) is 18.0 Å². The number of pyridine rings is 1. The lowest BCUT2D eigenvalue weighted by molar-refractivity contribution is 0.0695. The van der Waals surface area contributed by atoms with Crippen molar-refractivity contribution < 1.29 is 18.3 Å². The summed E-state index contributed by atoms with van der Waals surface area (Å²) in [6.45, 7) is 0.0971. The maximum Gasteiger partial charge on any atom is 0.341 e. The van der Waals surface area contributed by atoms with E-state index >= 15 is 0 Å². The van der Waals surface area contributed by atoms with Crippen LogP contribution in [-0.2, 0) is 16.4 Å². The van der Waals surface area contributed by atoms with Crippen molar-refractivity contribution in [3.05, 3.63) is 46.2 Å². The van der Waals surface area contributed by atoms with Crippen molar-refractivity contribution in [3.63, 3.8) is 0 Å². The molecule has 0 amide bonds. The maximum atomic E-state index is 12.0. The zero-order valence-electron chi connectivity index (χ0n) is 10.7. The fourth-order valence-electron chi connectivity index (χ4n) is 1.95. The van der Waals surface area contributed by atoms with Crippen LogP contribution in [0.4, 0.5) is 0 Å². The van der Waals surface area contributed by atoms with Crippen LogP contribution in [0.5, 0.6) is 0 Å². The van der Waals surface area contributed by atoms with Crippen molar-refractivity contribution in [3.8, 4) is 0 Å². The van der Waals surface area contributed by atoms with Gasteiger partial charge in [-0.3, -0.25) is 4.79 Å². The molecule has 0 aliphatic carbocycles. The smallest absolute Gasteiger partial charge is 0.341 e. The fourth-order valence-corrected chi connectivity index (χ4v) is 2.48. The number of benzene rings is 1. The Morgan fingerprint density at radius 2 is 1.95 bits per heavy atom. The minimum Gasteiger partial charge on any atom is -0.477 e. The van der Waals surface area contributed by atoms with Crippen LogP contribution in [0.25, 0.3) is 10.9 Å². The first-order valence-electron chi connectivity index (χ1n) is 5.83. The van der Waals surface area contributed by atoms with Crippen LogP contribution in [0, 0.1) is 0 Å². The lowest BCUT2D eigenvalue weighted by Gasteiger charge is -2.11. The second-order valence-electron chi connectivity index (χ2n) is 4.52. The average Bonchev–Trinajstić information content (AvgIpc) is 2.37. The molecule has 0 aliphatic rings. The number of aryl methyl sites for hydroxylation is 1. The highest BCUT2D eigenvalue weighted by molar-refractivity contribution is 7.90. The van der Waals surface area contributed by atoms with E-state index in [1.165, 1.54) is 16.8 Å². The van der Waals surface area contributed by atoms with Crippen LogP contribution >= 0.6 is 0 Å². The molecule has 1 heterocycles. The zero-order valence-corrected chi connectivity index (χ0v) is 11.6. The number of rotatable bonds is 4. The Morgan fingerprint density at radius 3 is 2.55 bits per heavy atom. The van der Waals surface area contributed by atoms with Gasteiger partial charge in [0.2, 0.25) is 5.43 Å². The maximum absolute atomic E-state index is 12.0. The average molecular weight is 295 g/mol. The van der Waals surface area contributed by atoms with Crippen molar-refractivity contribution in [2.75, 3.05) is 12.0 Å². The lowest BCUT2D eigenvalue weighted by atomic mass is 10.1. The van der Waals surface area contributed by atoms with Gasteiger partial charge in [-0.1, -0.05) is 12.1 Å². The molecule has 1 aromatic heterocycles. The summed E-state index contributed by atoms with van der Waals surface area (Å²) in [6.07, 6.45) is 2.30. The van der Waals surface area contributed by atoms with Gasteiger partial charge in [-0.15, -0.1) is 0 Å². The molecule has 0 unspecified atom stereocenters. The van der Waals surface area contributed by atoms with E-state index in [1.807, 2.05) is 0 Å². The summed E-state index contributed by atoms with van der Waals surface area (Å²) < 4.78 is 24.0. The number of carbonyl (C=O) groups is 1. The van der Waals surface area contributed by atoms with Crippen molar-refractivity contribution in [2.45, 2.75) is 6.54 Å². The van der Waals surface area contributed by atoms with Crippen molar-refractivity contribution in [1.82, 2.24) is 4.57 Å². The topological polar surface area (TPSA) is 93.4 Å². The van der Waals surface area contributed by atoms with E-state index in [1.54, 1.807) is 18.2 Å². The van der Waals surface area contributed by atoms with Gasteiger partial charge in [0.25, 0.3) is 0 Å². The van der Waals surface area contributed by atoms with Crippen LogP contribution < -0.4 is 5.43 Å². The number of para-hydroxylation sites is 1. The Bertz CT molecular complexity index is 835. The molecule has 2 aromatic rings. The molecule has 7 heteroatoms. The monoisotopic (exact) mass is 295 g/mol. The molecule has 0 saturated heterocycles. The predicted molar refractivity (Wildman–Crippen MR) is 74.9 cm³/mol. The molecular formula is C13H13NO5S. The molecule has 0 saturated carbocycles. The van der Waals surface area contributed by atoms with Gasteiger partial charge in [-0.05, 0) is 12.1 Å². The number of carboxylic acids is 1. The van der Waals surface area contributed by atoms with E-state index in [4.69, 9.17) is 5.11 Å². The van der Waals surface area contributed by atoms with Gasteiger partial charge in [0.15, 0.2) is 0 Å². The molecule has 0 aliphatic heterocycles. The fraction of sp³-hybridized carbons (Fsp3) is 0.231. The SMILES string of the molecule is CS(=O)(=O)CCn1cc(C(=O)O)c(=O)c2ccccc21. The molecular weight excluding hydrogens is 282 g/mol. The number of carboxylic acid groups (broad SMARTS) is 1. The summed E-state index contributed by atoms with van der Waals surface area (Å²) in [5, 5.41) is 9.31.